The predicted molar refractivity (Wildman–Crippen MR) is 123 cm³/mol. The van der Waals surface area contributed by atoms with Crippen molar-refractivity contribution in [2.24, 2.45) is 0 Å². The summed E-state index contributed by atoms with van der Waals surface area (Å²) in [6.07, 6.45) is 4.77. The van der Waals surface area contributed by atoms with Crippen LogP contribution in [0.5, 0.6) is 0 Å². The Balaban J connectivity index is 1.94. The van der Waals surface area contributed by atoms with Gasteiger partial charge in [-0.3, -0.25) is 4.90 Å². The molecule has 2 aliphatic carbocycles. The average Bonchev–Trinajstić information content (AvgIpc) is 3.47. The molecule has 0 radical (unpaired) electrons. The van der Waals surface area contributed by atoms with Crippen molar-refractivity contribution in [3.63, 3.8) is 0 Å². The molecule has 1 unspecified atom stereocenters. The van der Waals surface area contributed by atoms with Crippen LogP contribution < -0.4 is 5.32 Å². The van der Waals surface area contributed by atoms with Gasteiger partial charge in [0.15, 0.2) is 0 Å². The quantitative estimate of drug-likeness (QED) is 0.683. The average molecular weight is 385 g/mol. The van der Waals surface area contributed by atoms with Gasteiger partial charge < -0.3 is 5.32 Å². The SMILES string of the molecule is CCNC(C)=C1C=CC(N(CC)CC)C2=C1C2(c1ccccc1)c1ccccc1. The summed E-state index contributed by atoms with van der Waals surface area (Å²) in [6.45, 7) is 11.9. The molecule has 0 bridgehead atoms. The van der Waals surface area contributed by atoms with Crippen molar-refractivity contribution in [3.05, 3.63) is 106 Å². The third-order valence-corrected chi connectivity index (χ3v) is 6.46. The molecule has 0 heterocycles. The number of benzene rings is 2. The van der Waals surface area contributed by atoms with Crippen LogP contribution in [0.1, 0.15) is 38.8 Å². The van der Waals surface area contributed by atoms with E-state index in [1.54, 1.807) is 5.57 Å². The first-order valence-electron chi connectivity index (χ1n) is 10.9. The van der Waals surface area contributed by atoms with E-state index in [-0.39, 0.29) is 5.41 Å². The van der Waals surface area contributed by atoms with Crippen molar-refractivity contribution in [1.82, 2.24) is 10.2 Å². The zero-order valence-corrected chi connectivity index (χ0v) is 18.1. The number of hydrogen-bond donors (Lipinski definition) is 1. The number of nitrogens with one attached hydrogen (secondary N) is 1. The van der Waals surface area contributed by atoms with Gasteiger partial charge in [0, 0.05) is 12.2 Å². The molecule has 2 aromatic carbocycles. The highest BCUT2D eigenvalue weighted by molar-refractivity contribution is 5.82. The Bertz CT molecular complexity index is 907. The van der Waals surface area contributed by atoms with E-state index in [1.165, 1.54) is 28.0 Å². The second-order valence-electron chi connectivity index (χ2n) is 7.86. The molecule has 29 heavy (non-hydrogen) atoms. The molecule has 0 aromatic heterocycles. The minimum Gasteiger partial charge on any atom is -0.388 e. The summed E-state index contributed by atoms with van der Waals surface area (Å²) >= 11 is 0. The first-order chi connectivity index (χ1) is 14.2. The molecule has 0 amide bonds. The normalized spacial score (nSPS) is 21.2. The van der Waals surface area contributed by atoms with Crippen LogP contribution in [0.25, 0.3) is 0 Å². The van der Waals surface area contributed by atoms with Crippen molar-refractivity contribution in [1.29, 1.82) is 0 Å². The summed E-state index contributed by atoms with van der Waals surface area (Å²) in [4.78, 5) is 2.57. The molecule has 0 saturated carbocycles. The highest BCUT2D eigenvalue weighted by Crippen LogP contribution is 2.65. The Morgan fingerprint density at radius 1 is 0.897 bits per heavy atom. The molecule has 2 aliphatic rings. The Hall–Kier alpha value is -2.58. The monoisotopic (exact) mass is 384 g/mol. The smallest absolute Gasteiger partial charge is 0.0693 e. The van der Waals surface area contributed by atoms with Crippen LogP contribution in [0.3, 0.4) is 0 Å². The molecule has 4 rings (SSSR count). The highest BCUT2D eigenvalue weighted by atomic mass is 15.2. The first kappa shape index (κ1) is 19.7. The van der Waals surface area contributed by atoms with Crippen LogP contribution in [-0.2, 0) is 5.41 Å². The second-order valence-corrected chi connectivity index (χ2v) is 7.86. The van der Waals surface area contributed by atoms with E-state index in [9.17, 15) is 0 Å². The van der Waals surface area contributed by atoms with Crippen LogP contribution in [0.2, 0.25) is 0 Å². The van der Waals surface area contributed by atoms with E-state index in [0.29, 0.717) is 6.04 Å². The van der Waals surface area contributed by atoms with Gasteiger partial charge in [-0.1, -0.05) is 86.7 Å². The molecule has 0 fully saturated rings. The predicted octanol–water partition coefficient (Wildman–Crippen LogP) is 5.45. The van der Waals surface area contributed by atoms with Crippen LogP contribution in [-0.4, -0.2) is 30.6 Å². The largest absolute Gasteiger partial charge is 0.388 e. The minimum absolute atomic E-state index is 0.134. The van der Waals surface area contributed by atoms with Gasteiger partial charge in [0.2, 0.25) is 0 Å². The molecule has 2 heteroatoms. The number of likely N-dealkylation sites (N-methyl/N-ethyl adjacent to an activating group) is 1. The molecule has 0 aliphatic heterocycles. The van der Waals surface area contributed by atoms with Gasteiger partial charge in [0.05, 0.1) is 11.5 Å². The Morgan fingerprint density at radius 2 is 1.45 bits per heavy atom. The van der Waals surface area contributed by atoms with E-state index in [2.05, 4.69) is 111 Å². The summed E-state index contributed by atoms with van der Waals surface area (Å²) in [7, 11) is 0. The molecule has 2 aromatic rings. The maximum absolute atomic E-state index is 3.57. The summed E-state index contributed by atoms with van der Waals surface area (Å²) in [5.41, 5.74) is 8.28. The fourth-order valence-electron chi connectivity index (χ4n) is 5.12. The Morgan fingerprint density at radius 3 is 1.93 bits per heavy atom. The molecule has 0 saturated heterocycles. The van der Waals surface area contributed by atoms with Gasteiger partial charge in [0.25, 0.3) is 0 Å². The maximum atomic E-state index is 3.57. The molecule has 1 N–H and O–H groups in total. The van der Waals surface area contributed by atoms with Gasteiger partial charge in [-0.25, -0.2) is 0 Å². The highest BCUT2D eigenvalue weighted by Gasteiger charge is 2.60. The fraction of sp³-hybridized carbons (Fsp3) is 0.333. The third kappa shape index (κ3) is 3.07. The zero-order chi connectivity index (χ0) is 20.4. The van der Waals surface area contributed by atoms with Crippen molar-refractivity contribution in [2.75, 3.05) is 19.6 Å². The van der Waals surface area contributed by atoms with E-state index >= 15 is 0 Å². The molecule has 2 nitrogen and oxygen atoms in total. The van der Waals surface area contributed by atoms with E-state index in [4.69, 9.17) is 0 Å². The summed E-state index contributed by atoms with van der Waals surface area (Å²) < 4.78 is 0. The van der Waals surface area contributed by atoms with Crippen LogP contribution in [0.15, 0.2) is 95.2 Å². The summed E-state index contributed by atoms with van der Waals surface area (Å²) in [5.74, 6) is 0. The van der Waals surface area contributed by atoms with Gasteiger partial charge in [0.1, 0.15) is 0 Å². The van der Waals surface area contributed by atoms with E-state index in [0.717, 1.165) is 19.6 Å². The molecule has 0 spiro atoms. The lowest BCUT2D eigenvalue weighted by molar-refractivity contribution is 0.279. The standard InChI is InChI=1S/C27H32N2/c1-5-28-20(4)23-18-19-24(29(6-2)7-3)26-25(23)27(26,21-14-10-8-11-15-21)22-16-12-9-13-17-22/h8-19,24,28H,5-7H2,1-4H3. The van der Waals surface area contributed by atoms with Crippen LogP contribution in [0, 0.1) is 0 Å². The van der Waals surface area contributed by atoms with Crippen molar-refractivity contribution in [2.45, 2.75) is 39.2 Å². The Kier molecular flexibility index (Phi) is 5.47. The van der Waals surface area contributed by atoms with Crippen molar-refractivity contribution >= 4 is 0 Å². The Labute approximate surface area is 175 Å². The molecule has 150 valence electrons. The lowest BCUT2D eigenvalue weighted by atomic mass is 9.79. The lowest BCUT2D eigenvalue weighted by Crippen LogP contribution is -2.36. The van der Waals surface area contributed by atoms with E-state index < -0.39 is 0 Å². The van der Waals surface area contributed by atoms with Crippen LogP contribution in [0.4, 0.5) is 0 Å². The van der Waals surface area contributed by atoms with E-state index in [1.807, 2.05) is 0 Å². The van der Waals surface area contributed by atoms with Crippen molar-refractivity contribution < 1.29 is 0 Å². The maximum Gasteiger partial charge on any atom is 0.0693 e. The molecular weight excluding hydrogens is 352 g/mol. The summed E-state index contributed by atoms with van der Waals surface area (Å²) in [5, 5.41) is 3.57. The number of hydrogen-bond acceptors (Lipinski definition) is 2. The molecular formula is C27H32N2. The number of rotatable bonds is 7. The lowest BCUT2D eigenvalue weighted by Gasteiger charge is -2.30. The minimum atomic E-state index is -0.134. The fourth-order valence-corrected chi connectivity index (χ4v) is 5.12. The first-order valence-corrected chi connectivity index (χ1v) is 10.9. The van der Waals surface area contributed by atoms with Gasteiger partial charge in [-0.2, -0.15) is 0 Å². The second kappa shape index (κ2) is 8.04. The zero-order valence-electron chi connectivity index (χ0n) is 18.1. The third-order valence-electron chi connectivity index (χ3n) is 6.46. The van der Waals surface area contributed by atoms with Gasteiger partial charge in [-0.05, 0) is 54.8 Å². The van der Waals surface area contributed by atoms with Crippen molar-refractivity contribution in [3.8, 4) is 0 Å². The topological polar surface area (TPSA) is 15.3 Å². The number of allylic oxidation sites excluding steroid dienone is 4. The molecule has 1 atom stereocenters. The van der Waals surface area contributed by atoms with Crippen LogP contribution >= 0.6 is 0 Å². The summed E-state index contributed by atoms with van der Waals surface area (Å²) in [6, 6.07) is 22.5. The number of nitrogens with zero attached hydrogens (tertiary/aromatic N) is 1. The van der Waals surface area contributed by atoms with Gasteiger partial charge >= 0.3 is 0 Å². The van der Waals surface area contributed by atoms with Gasteiger partial charge in [-0.15, -0.1) is 0 Å².